The highest BCUT2D eigenvalue weighted by molar-refractivity contribution is 5.98. The fraction of sp³-hybridized carbons (Fsp3) is 0.500. The van der Waals surface area contributed by atoms with Gasteiger partial charge >= 0.3 is 5.97 Å². The Morgan fingerprint density at radius 1 is 1.16 bits per heavy atom. The van der Waals surface area contributed by atoms with Gasteiger partial charge in [-0.1, -0.05) is 12.8 Å². The molecule has 2 amide bonds. The number of carboxylic acid groups (broad SMARTS) is 1. The average molecular weight is 348 g/mol. The van der Waals surface area contributed by atoms with Crippen molar-refractivity contribution < 1.29 is 24.2 Å². The molecule has 0 heterocycles. The second kappa shape index (κ2) is 8.62. The van der Waals surface area contributed by atoms with Crippen LogP contribution in [-0.2, 0) is 14.3 Å². The van der Waals surface area contributed by atoms with E-state index < -0.39 is 18.4 Å². The maximum Gasteiger partial charge on any atom is 0.322 e. The minimum atomic E-state index is -1.10. The summed E-state index contributed by atoms with van der Waals surface area (Å²) in [6.07, 6.45) is 4.50. The molecule has 1 saturated carbocycles. The summed E-state index contributed by atoms with van der Waals surface area (Å²) in [5, 5.41) is 13.8. The maximum absolute atomic E-state index is 12.7. The van der Waals surface area contributed by atoms with Gasteiger partial charge < -0.3 is 20.5 Å². The molecule has 25 heavy (non-hydrogen) atoms. The molecule has 0 spiro atoms. The molecule has 0 saturated heterocycles. The molecule has 3 N–H and O–H groups in total. The van der Waals surface area contributed by atoms with Gasteiger partial charge in [-0.05, 0) is 43.5 Å². The van der Waals surface area contributed by atoms with E-state index in [0.29, 0.717) is 24.3 Å². The zero-order chi connectivity index (χ0) is 18.3. The molecule has 7 heteroatoms. The first-order valence-electron chi connectivity index (χ1n) is 8.37. The molecule has 0 radical (unpaired) electrons. The minimum Gasteiger partial charge on any atom is -0.480 e. The average Bonchev–Trinajstić information content (AvgIpc) is 3.08. The fourth-order valence-electron chi connectivity index (χ4n) is 3.17. The first-order chi connectivity index (χ1) is 12.0. The third kappa shape index (κ3) is 5.03. The molecular formula is C18H24N2O5. The van der Waals surface area contributed by atoms with Crippen molar-refractivity contribution in [3.05, 3.63) is 29.8 Å². The minimum absolute atomic E-state index is 0.00914. The predicted molar refractivity (Wildman–Crippen MR) is 92.4 cm³/mol. The van der Waals surface area contributed by atoms with Crippen LogP contribution in [0.5, 0.6) is 0 Å². The summed E-state index contributed by atoms with van der Waals surface area (Å²) in [5.41, 5.74) is 0.575. The van der Waals surface area contributed by atoms with E-state index in [4.69, 9.17) is 9.84 Å². The number of carbonyl (C=O) groups excluding carboxylic acids is 2. The topological polar surface area (TPSA) is 105 Å². The zero-order valence-corrected chi connectivity index (χ0v) is 14.3. The van der Waals surface area contributed by atoms with E-state index in [9.17, 15) is 14.4 Å². The van der Waals surface area contributed by atoms with Crippen molar-refractivity contribution in [2.45, 2.75) is 32.1 Å². The van der Waals surface area contributed by atoms with Gasteiger partial charge in [0.25, 0.3) is 5.91 Å². The number of ether oxygens (including phenoxy) is 1. The Bertz CT molecular complexity index is 621. The summed E-state index contributed by atoms with van der Waals surface area (Å²) in [4.78, 5) is 35.0. The highest BCUT2D eigenvalue weighted by Crippen LogP contribution is 2.42. The summed E-state index contributed by atoms with van der Waals surface area (Å²) in [7, 11) is 1.63. The van der Waals surface area contributed by atoms with Gasteiger partial charge in [-0.25, -0.2) is 0 Å². The highest BCUT2D eigenvalue weighted by atomic mass is 16.5. The summed E-state index contributed by atoms with van der Waals surface area (Å²) in [6.45, 7) is 0.120. The fourth-order valence-corrected chi connectivity index (χ4v) is 3.17. The molecule has 136 valence electrons. The molecular weight excluding hydrogens is 324 g/mol. The molecule has 0 aliphatic heterocycles. The summed E-state index contributed by atoms with van der Waals surface area (Å²) in [6, 6.07) is 6.41. The van der Waals surface area contributed by atoms with Gasteiger partial charge in [-0.15, -0.1) is 0 Å². The SMILES string of the molecule is COCCC1(C(=O)Nc2ccc(C(=O)NCC(=O)O)cc2)CCCC1. The summed E-state index contributed by atoms with van der Waals surface area (Å²) < 4.78 is 5.14. The Morgan fingerprint density at radius 2 is 1.80 bits per heavy atom. The summed E-state index contributed by atoms with van der Waals surface area (Å²) >= 11 is 0. The lowest BCUT2D eigenvalue weighted by Gasteiger charge is -2.27. The van der Waals surface area contributed by atoms with Gasteiger partial charge in [0.15, 0.2) is 0 Å². The molecule has 0 atom stereocenters. The molecule has 7 nitrogen and oxygen atoms in total. The number of methoxy groups -OCH3 is 1. The van der Waals surface area contributed by atoms with Crippen LogP contribution in [0.3, 0.4) is 0 Å². The largest absolute Gasteiger partial charge is 0.480 e. The Morgan fingerprint density at radius 3 is 2.36 bits per heavy atom. The number of anilines is 1. The Hall–Kier alpha value is -2.41. The van der Waals surface area contributed by atoms with Crippen LogP contribution in [0.4, 0.5) is 5.69 Å². The zero-order valence-electron chi connectivity index (χ0n) is 14.3. The second-order valence-corrected chi connectivity index (χ2v) is 6.34. The number of rotatable bonds is 8. The van der Waals surface area contributed by atoms with Crippen molar-refractivity contribution in [2.75, 3.05) is 25.6 Å². The highest BCUT2D eigenvalue weighted by Gasteiger charge is 2.40. The maximum atomic E-state index is 12.7. The van der Waals surface area contributed by atoms with Crippen molar-refractivity contribution in [3.63, 3.8) is 0 Å². The number of hydrogen-bond acceptors (Lipinski definition) is 4. The molecule has 1 aromatic carbocycles. The van der Waals surface area contributed by atoms with E-state index in [1.165, 1.54) is 0 Å². The molecule has 0 bridgehead atoms. The predicted octanol–water partition coefficient (Wildman–Crippen LogP) is 2.04. The quantitative estimate of drug-likeness (QED) is 0.667. The van der Waals surface area contributed by atoms with E-state index in [0.717, 1.165) is 25.7 Å². The van der Waals surface area contributed by atoms with E-state index in [1.807, 2.05) is 0 Å². The number of hydrogen-bond donors (Lipinski definition) is 3. The van der Waals surface area contributed by atoms with Crippen molar-refractivity contribution in [3.8, 4) is 0 Å². The van der Waals surface area contributed by atoms with Crippen LogP contribution in [0, 0.1) is 5.41 Å². The number of benzene rings is 1. The molecule has 2 rings (SSSR count). The van der Waals surface area contributed by atoms with Crippen LogP contribution >= 0.6 is 0 Å². The van der Waals surface area contributed by atoms with Crippen LogP contribution in [-0.4, -0.2) is 43.2 Å². The molecule has 1 fully saturated rings. The van der Waals surface area contributed by atoms with E-state index >= 15 is 0 Å². The van der Waals surface area contributed by atoms with Crippen LogP contribution in [0.2, 0.25) is 0 Å². The van der Waals surface area contributed by atoms with Gasteiger partial charge in [0.2, 0.25) is 5.91 Å². The first kappa shape index (κ1) is 18.9. The molecule has 0 unspecified atom stereocenters. The molecule has 1 aliphatic rings. The molecule has 1 aliphatic carbocycles. The standard InChI is InChI=1S/C18H24N2O5/c1-25-11-10-18(8-2-3-9-18)17(24)20-14-6-4-13(5-7-14)16(23)19-12-15(21)22/h4-7H,2-3,8-12H2,1H3,(H,19,23)(H,20,24)(H,21,22). The van der Waals surface area contributed by atoms with Gasteiger partial charge in [-0.3, -0.25) is 14.4 Å². The third-order valence-corrected chi connectivity index (χ3v) is 4.63. The number of carboxylic acids is 1. The number of amides is 2. The second-order valence-electron chi connectivity index (χ2n) is 6.34. The lowest BCUT2D eigenvalue weighted by Crippen LogP contribution is -2.35. The van der Waals surface area contributed by atoms with E-state index in [1.54, 1.807) is 31.4 Å². The van der Waals surface area contributed by atoms with E-state index in [2.05, 4.69) is 10.6 Å². The van der Waals surface area contributed by atoms with Crippen LogP contribution in [0.1, 0.15) is 42.5 Å². The van der Waals surface area contributed by atoms with Crippen LogP contribution < -0.4 is 10.6 Å². The van der Waals surface area contributed by atoms with Crippen molar-refractivity contribution in [2.24, 2.45) is 5.41 Å². The van der Waals surface area contributed by atoms with Crippen molar-refractivity contribution >= 4 is 23.5 Å². The Labute approximate surface area is 146 Å². The van der Waals surface area contributed by atoms with Gasteiger partial charge in [-0.2, -0.15) is 0 Å². The first-order valence-corrected chi connectivity index (χ1v) is 8.37. The van der Waals surface area contributed by atoms with Gasteiger partial charge in [0.1, 0.15) is 6.54 Å². The van der Waals surface area contributed by atoms with Crippen LogP contribution in [0.15, 0.2) is 24.3 Å². The molecule has 1 aromatic rings. The Kier molecular flexibility index (Phi) is 6.52. The number of nitrogens with one attached hydrogen (secondary N) is 2. The van der Waals surface area contributed by atoms with Crippen molar-refractivity contribution in [1.29, 1.82) is 0 Å². The Balaban J connectivity index is 1.98. The van der Waals surface area contributed by atoms with Gasteiger partial charge in [0, 0.05) is 25.0 Å². The number of aliphatic carboxylic acids is 1. The lowest BCUT2D eigenvalue weighted by molar-refractivity contribution is -0.135. The monoisotopic (exact) mass is 348 g/mol. The normalized spacial score (nSPS) is 15.6. The smallest absolute Gasteiger partial charge is 0.322 e. The molecule has 0 aromatic heterocycles. The van der Waals surface area contributed by atoms with Crippen molar-refractivity contribution in [1.82, 2.24) is 5.32 Å². The lowest BCUT2D eigenvalue weighted by atomic mass is 9.82. The van der Waals surface area contributed by atoms with E-state index in [-0.39, 0.29) is 11.3 Å². The number of carbonyl (C=O) groups is 3. The third-order valence-electron chi connectivity index (χ3n) is 4.63. The van der Waals surface area contributed by atoms with Gasteiger partial charge in [0.05, 0.1) is 5.41 Å². The van der Waals surface area contributed by atoms with Crippen LogP contribution in [0.25, 0.3) is 0 Å². The summed E-state index contributed by atoms with van der Waals surface area (Å²) in [5.74, 6) is -1.58.